The average molecular weight is 811 g/mol. The summed E-state index contributed by atoms with van der Waals surface area (Å²) in [7, 11) is 0. The van der Waals surface area contributed by atoms with Crippen molar-refractivity contribution >= 4 is 108 Å². The molecule has 0 saturated heterocycles. The highest BCUT2D eigenvalue weighted by Gasteiger charge is 2.24. The molecule has 0 unspecified atom stereocenters. The molecule has 0 aliphatic carbocycles. The second-order valence-corrected chi connectivity index (χ2v) is 17.0. The maximum absolute atomic E-state index is 6.76. The lowest BCUT2D eigenvalue weighted by molar-refractivity contribution is 0.668. The molecule has 6 nitrogen and oxygen atoms in total. The predicted molar refractivity (Wildman–Crippen MR) is 255 cm³/mol. The molecule has 5 heterocycles. The topological polar surface area (TPSA) is 69.9 Å². The standard InChI is InChI=1S/C55H30N4O2S/c1-2-14-32-28-44-42(27-31(32)13-1)34-15-3-7-23-43(34)59(44)45-29-33(30-48-50(45)39-18-5-9-25-47(39)60-48)53-56-54(40-21-11-19-37-35-16-4-8-24-46(35)61-51(37)40)58-55(57-53)41-22-12-20-38-36-17-6-10-26-49(36)62-52(38)41/h1-30H. The van der Waals surface area contributed by atoms with Gasteiger partial charge in [-0.05, 0) is 71.4 Å². The minimum atomic E-state index is 0.530. The summed E-state index contributed by atoms with van der Waals surface area (Å²) in [5.74, 6) is 1.65. The van der Waals surface area contributed by atoms with Crippen LogP contribution >= 0.6 is 11.3 Å². The highest BCUT2D eigenvalue weighted by atomic mass is 32.1. The Kier molecular flexibility index (Phi) is 6.89. The van der Waals surface area contributed by atoms with Crippen LogP contribution in [0, 0.1) is 0 Å². The van der Waals surface area contributed by atoms with Crippen molar-refractivity contribution in [2.75, 3.05) is 0 Å². The van der Waals surface area contributed by atoms with E-state index in [9.17, 15) is 0 Å². The van der Waals surface area contributed by atoms with Crippen LogP contribution in [0.15, 0.2) is 191 Å². The fraction of sp³-hybridized carbons (Fsp3) is 0. The largest absolute Gasteiger partial charge is 0.456 e. The second-order valence-electron chi connectivity index (χ2n) is 15.9. The number of fused-ring (bicyclic) bond motifs is 13. The van der Waals surface area contributed by atoms with Crippen molar-refractivity contribution in [2.24, 2.45) is 0 Å². The maximum Gasteiger partial charge on any atom is 0.167 e. The predicted octanol–water partition coefficient (Wildman–Crippen LogP) is 15.3. The van der Waals surface area contributed by atoms with Crippen molar-refractivity contribution in [1.29, 1.82) is 0 Å². The third-order valence-electron chi connectivity index (χ3n) is 12.4. The van der Waals surface area contributed by atoms with E-state index in [4.69, 9.17) is 23.8 Å². The maximum atomic E-state index is 6.76. The summed E-state index contributed by atoms with van der Waals surface area (Å²) >= 11 is 1.76. The van der Waals surface area contributed by atoms with Gasteiger partial charge in [-0.1, -0.05) is 121 Å². The van der Waals surface area contributed by atoms with Crippen LogP contribution in [-0.4, -0.2) is 19.5 Å². The first-order valence-corrected chi connectivity index (χ1v) is 21.5. The van der Waals surface area contributed by atoms with Gasteiger partial charge in [-0.3, -0.25) is 0 Å². The van der Waals surface area contributed by atoms with Crippen LogP contribution in [0.25, 0.3) is 136 Å². The molecule has 0 aliphatic heterocycles. The third-order valence-corrected chi connectivity index (χ3v) is 13.6. The molecule has 0 saturated carbocycles. The van der Waals surface area contributed by atoms with E-state index in [0.717, 1.165) is 82.0 Å². The van der Waals surface area contributed by atoms with Gasteiger partial charge in [-0.2, -0.15) is 0 Å². The van der Waals surface area contributed by atoms with Gasteiger partial charge in [0.05, 0.1) is 27.7 Å². The Labute approximate surface area is 356 Å². The first-order chi connectivity index (χ1) is 30.7. The van der Waals surface area contributed by atoms with E-state index < -0.39 is 0 Å². The summed E-state index contributed by atoms with van der Waals surface area (Å²) in [5.41, 5.74) is 8.88. The van der Waals surface area contributed by atoms with Crippen molar-refractivity contribution in [2.45, 2.75) is 0 Å². The Bertz CT molecular complexity index is 4060. The van der Waals surface area contributed by atoms with Crippen LogP contribution in [0.1, 0.15) is 0 Å². The van der Waals surface area contributed by atoms with E-state index >= 15 is 0 Å². The van der Waals surface area contributed by atoms with E-state index in [1.54, 1.807) is 11.3 Å². The number of aromatic nitrogens is 4. The van der Waals surface area contributed by atoms with E-state index in [2.05, 4.69) is 150 Å². The van der Waals surface area contributed by atoms with E-state index in [1.165, 1.54) is 37.0 Å². The molecule has 5 aromatic heterocycles. The lowest BCUT2D eigenvalue weighted by Gasteiger charge is -2.13. The number of hydrogen-bond donors (Lipinski definition) is 0. The summed E-state index contributed by atoms with van der Waals surface area (Å²) < 4.78 is 18.1. The van der Waals surface area contributed by atoms with Gasteiger partial charge in [-0.15, -0.1) is 11.3 Å². The van der Waals surface area contributed by atoms with E-state index in [0.29, 0.717) is 17.5 Å². The third kappa shape index (κ3) is 4.82. The Morgan fingerprint density at radius 1 is 0.403 bits per heavy atom. The lowest BCUT2D eigenvalue weighted by Crippen LogP contribution is -2.02. The molecule has 0 N–H and O–H groups in total. The molecule has 288 valence electrons. The molecule has 62 heavy (non-hydrogen) atoms. The number of para-hydroxylation sites is 4. The van der Waals surface area contributed by atoms with Gasteiger partial charge in [0.2, 0.25) is 0 Å². The molecule has 0 atom stereocenters. The summed E-state index contributed by atoms with van der Waals surface area (Å²) in [6.45, 7) is 0. The zero-order valence-electron chi connectivity index (χ0n) is 32.8. The van der Waals surface area contributed by atoms with Crippen LogP contribution in [0.2, 0.25) is 0 Å². The normalized spacial score (nSPS) is 12.2. The minimum Gasteiger partial charge on any atom is -0.456 e. The van der Waals surface area contributed by atoms with Crippen molar-refractivity contribution in [3.8, 4) is 39.9 Å². The zero-order valence-corrected chi connectivity index (χ0v) is 33.7. The molecule has 14 rings (SSSR count). The Balaban J connectivity index is 1.09. The van der Waals surface area contributed by atoms with Crippen LogP contribution in [0.3, 0.4) is 0 Å². The van der Waals surface area contributed by atoms with Gasteiger partial charge in [0.15, 0.2) is 17.5 Å². The monoisotopic (exact) mass is 810 g/mol. The quantitative estimate of drug-likeness (QED) is 0.177. The zero-order chi connectivity index (χ0) is 40.5. The van der Waals surface area contributed by atoms with Crippen molar-refractivity contribution < 1.29 is 8.83 Å². The molecule has 0 fully saturated rings. The highest BCUT2D eigenvalue weighted by Crippen LogP contribution is 2.44. The summed E-state index contributed by atoms with van der Waals surface area (Å²) in [6, 6.07) is 63.8. The number of rotatable bonds is 4. The highest BCUT2D eigenvalue weighted by molar-refractivity contribution is 7.26. The van der Waals surface area contributed by atoms with Crippen LogP contribution in [-0.2, 0) is 0 Å². The molecule has 9 aromatic carbocycles. The van der Waals surface area contributed by atoms with Gasteiger partial charge in [0.1, 0.15) is 22.3 Å². The molecule has 0 amide bonds. The average Bonchev–Trinajstić information content (AvgIpc) is 4.09. The van der Waals surface area contributed by atoms with E-state index in [1.807, 2.05) is 36.4 Å². The molecule has 0 spiro atoms. The fourth-order valence-electron chi connectivity index (χ4n) is 9.65. The van der Waals surface area contributed by atoms with E-state index in [-0.39, 0.29) is 0 Å². The lowest BCUT2D eigenvalue weighted by atomic mass is 10.0. The first kappa shape index (κ1) is 33.7. The molecule has 0 radical (unpaired) electrons. The SMILES string of the molecule is c1ccc2cc3c(cc2c1)c1ccccc1n3-c1cc(-c2nc(-c3cccc4c3oc3ccccc34)nc(-c3cccc4c3sc3ccccc34)n2)cc2oc3ccccc3c12. The van der Waals surface area contributed by atoms with Gasteiger partial charge < -0.3 is 13.4 Å². The number of thiophene rings is 1. The van der Waals surface area contributed by atoms with Crippen LogP contribution < -0.4 is 0 Å². The minimum absolute atomic E-state index is 0.530. The molecule has 7 heteroatoms. The number of nitrogens with zero attached hydrogens (tertiary/aromatic N) is 4. The molecule has 0 aliphatic rings. The molecule has 14 aromatic rings. The van der Waals surface area contributed by atoms with Gasteiger partial charge in [0, 0.05) is 58.2 Å². The number of furan rings is 2. The number of hydrogen-bond acceptors (Lipinski definition) is 6. The smallest absolute Gasteiger partial charge is 0.167 e. The van der Waals surface area contributed by atoms with Gasteiger partial charge in [0.25, 0.3) is 0 Å². The fourth-order valence-corrected chi connectivity index (χ4v) is 10.9. The van der Waals surface area contributed by atoms with Crippen molar-refractivity contribution in [3.05, 3.63) is 182 Å². The Hall–Kier alpha value is -8.13. The molecular formula is C55H30N4O2S. The molecule has 0 bridgehead atoms. The van der Waals surface area contributed by atoms with Crippen molar-refractivity contribution in [1.82, 2.24) is 19.5 Å². The van der Waals surface area contributed by atoms with Crippen molar-refractivity contribution in [3.63, 3.8) is 0 Å². The second kappa shape index (κ2) is 12.7. The van der Waals surface area contributed by atoms with Gasteiger partial charge >= 0.3 is 0 Å². The summed E-state index contributed by atoms with van der Waals surface area (Å²) in [5, 5.41) is 11.3. The Morgan fingerprint density at radius 3 is 1.89 bits per heavy atom. The first-order valence-electron chi connectivity index (χ1n) is 20.7. The van der Waals surface area contributed by atoms with Crippen LogP contribution in [0.4, 0.5) is 0 Å². The number of benzene rings is 9. The summed E-state index contributed by atoms with van der Waals surface area (Å²) in [6.07, 6.45) is 0. The Morgan fingerprint density at radius 2 is 1.03 bits per heavy atom. The van der Waals surface area contributed by atoms with Gasteiger partial charge in [-0.25, -0.2) is 15.0 Å². The summed E-state index contributed by atoms with van der Waals surface area (Å²) in [4.78, 5) is 16.1. The van der Waals surface area contributed by atoms with Crippen LogP contribution in [0.5, 0.6) is 0 Å². The molecular weight excluding hydrogens is 781 g/mol.